The summed E-state index contributed by atoms with van der Waals surface area (Å²) >= 11 is 1.46. The van der Waals surface area contributed by atoms with Crippen LogP contribution in [0.15, 0.2) is 84.0 Å². The highest BCUT2D eigenvalue weighted by Crippen LogP contribution is 2.25. The van der Waals surface area contributed by atoms with Gasteiger partial charge in [0.25, 0.3) is 5.91 Å². The quantitative estimate of drug-likeness (QED) is 0.210. The molecule has 188 valence electrons. The molecule has 1 unspecified atom stereocenters. The Labute approximate surface area is 215 Å². The second-order valence-corrected chi connectivity index (χ2v) is 10.6. The zero-order valence-electron chi connectivity index (χ0n) is 19.7. The highest BCUT2D eigenvalue weighted by Gasteiger charge is 2.31. The molecule has 1 amide bonds. The molecule has 1 aromatic heterocycles. The van der Waals surface area contributed by atoms with Crippen molar-refractivity contribution < 1.29 is 23.2 Å². The van der Waals surface area contributed by atoms with Crippen LogP contribution in [0.25, 0.3) is 0 Å². The van der Waals surface area contributed by atoms with Crippen molar-refractivity contribution in [3.8, 4) is 17.6 Å². The number of sulfone groups is 1. The second-order valence-electron chi connectivity index (χ2n) is 7.60. The van der Waals surface area contributed by atoms with Crippen LogP contribution in [-0.2, 0) is 20.4 Å². The standard InChI is InChI=1S/C26H27N3O5S2/c1-2-3-16-34-23-11-13-24(14-12-23)36(32,33)20-29(22-10-7-15-27-17-22)25(26(30)28-31)19-35-18-21-8-5-4-6-9-21/h4-15,17,25,31H,16,18-20H2,1H3,(H,28,30). The number of pyridine rings is 1. The van der Waals surface area contributed by atoms with E-state index in [0.717, 1.165) is 5.56 Å². The number of aromatic nitrogens is 1. The molecule has 0 saturated carbocycles. The van der Waals surface area contributed by atoms with Gasteiger partial charge in [-0.25, -0.2) is 13.9 Å². The number of amides is 1. The average Bonchev–Trinajstić information content (AvgIpc) is 2.91. The monoisotopic (exact) mass is 525 g/mol. The predicted molar refractivity (Wildman–Crippen MR) is 140 cm³/mol. The topological polar surface area (TPSA) is 109 Å². The number of benzene rings is 2. The summed E-state index contributed by atoms with van der Waals surface area (Å²) in [5.74, 6) is 5.64. The number of rotatable bonds is 12. The van der Waals surface area contributed by atoms with E-state index in [2.05, 4.69) is 16.8 Å². The zero-order valence-corrected chi connectivity index (χ0v) is 21.3. The van der Waals surface area contributed by atoms with Gasteiger partial charge in [0.05, 0.1) is 16.8 Å². The maximum absolute atomic E-state index is 13.4. The van der Waals surface area contributed by atoms with E-state index in [1.807, 2.05) is 30.3 Å². The Morgan fingerprint density at radius 2 is 1.89 bits per heavy atom. The molecule has 0 radical (unpaired) electrons. The van der Waals surface area contributed by atoms with Gasteiger partial charge >= 0.3 is 0 Å². The van der Waals surface area contributed by atoms with E-state index in [9.17, 15) is 18.4 Å². The van der Waals surface area contributed by atoms with Crippen molar-refractivity contribution in [3.63, 3.8) is 0 Å². The van der Waals surface area contributed by atoms with E-state index in [1.54, 1.807) is 42.9 Å². The first-order valence-electron chi connectivity index (χ1n) is 11.0. The van der Waals surface area contributed by atoms with Crippen LogP contribution < -0.4 is 15.1 Å². The number of anilines is 1. The maximum atomic E-state index is 13.4. The smallest absolute Gasteiger partial charge is 0.266 e. The lowest BCUT2D eigenvalue weighted by Gasteiger charge is -2.31. The minimum Gasteiger partial charge on any atom is -0.481 e. The Kier molecular flexibility index (Phi) is 10.2. The molecule has 0 saturated heterocycles. The van der Waals surface area contributed by atoms with Crippen LogP contribution in [0.2, 0.25) is 0 Å². The molecule has 0 fully saturated rings. The van der Waals surface area contributed by atoms with E-state index in [0.29, 0.717) is 17.2 Å². The fourth-order valence-corrected chi connectivity index (χ4v) is 5.80. The molecule has 3 aromatic rings. The van der Waals surface area contributed by atoms with Gasteiger partial charge in [0.2, 0.25) is 0 Å². The highest BCUT2D eigenvalue weighted by atomic mass is 32.2. The van der Waals surface area contributed by atoms with Gasteiger partial charge in [-0.05, 0) is 48.9 Å². The number of ether oxygens (including phenoxy) is 1. The second kappa shape index (κ2) is 13.5. The molecule has 0 aliphatic heterocycles. The molecule has 1 heterocycles. The number of thioether (sulfide) groups is 1. The molecule has 0 aliphatic carbocycles. The summed E-state index contributed by atoms with van der Waals surface area (Å²) in [5, 5.41) is 9.43. The Balaban J connectivity index is 1.84. The molecule has 0 spiro atoms. The lowest BCUT2D eigenvalue weighted by Crippen LogP contribution is -2.50. The van der Waals surface area contributed by atoms with Gasteiger partial charge < -0.3 is 9.64 Å². The molecule has 2 aromatic carbocycles. The summed E-state index contributed by atoms with van der Waals surface area (Å²) < 4.78 is 32.2. The number of hydrogen-bond donors (Lipinski definition) is 2. The third-order valence-corrected chi connectivity index (χ3v) is 7.83. The van der Waals surface area contributed by atoms with Crippen molar-refractivity contribution in [2.75, 3.05) is 23.1 Å². The van der Waals surface area contributed by atoms with Gasteiger partial charge in [0.1, 0.15) is 24.3 Å². The molecular weight excluding hydrogens is 498 g/mol. The fraction of sp³-hybridized carbons (Fsp3) is 0.231. The summed E-state index contributed by atoms with van der Waals surface area (Å²) in [7, 11) is -3.87. The van der Waals surface area contributed by atoms with Gasteiger partial charge in [0.15, 0.2) is 9.84 Å². The predicted octanol–water partition coefficient (Wildman–Crippen LogP) is 3.53. The number of hydroxylamine groups is 1. The molecule has 2 N–H and O–H groups in total. The Hall–Kier alpha value is -3.52. The van der Waals surface area contributed by atoms with Crippen LogP contribution in [0.1, 0.15) is 12.5 Å². The highest BCUT2D eigenvalue weighted by molar-refractivity contribution is 7.98. The van der Waals surface area contributed by atoms with Gasteiger partial charge in [-0.15, -0.1) is 5.92 Å². The van der Waals surface area contributed by atoms with E-state index in [-0.39, 0.29) is 17.3 Å². The lowest BCUT2D eigenvalue weighted by atomic mass is 10.2. The van der Waals surface area contributed by atoms with Crippen molar-refractivity contribution in [1.82, 2.24) is 10.5 Å². The molecular formula is C26H27N3O5S2. The molecule has 8 nitrogen and oxygen atoms in total. The van der Waals surface area contributed by atoms with Crippen LogP contribution in [0.3, 0.4) is 0 Å². The van der Waals surface area contributed by atoms with Crippen LogP contribution >= 0.6 is 11.8 Å². The Morgan fingerprint density at radius 1 is 1.14 bits per heavy atom. The SMILES string of the molecule is CC#CCOc1ccc(S(=O)(=O)CN(c2cccnc2)C(CSCc2ccccc2)C(=O)NO)cc1. The van der Waals surface area contributed by atoms with Crippen molar-refractivity contribution in [3.05, 3.63) is 84.7 Å². The first-order valence-corrected chi connectivity index (χ1v) is 13.8. The first-order chi connectivity index (χ1) is 17.4. The number of carbonyl (C=O) groups excluding carboxylic acids is 1. The van der Waals surface area contributed by atoms with Crippen LogP contribution in [0.5, 0.6) is 5.75 Å². The lowest BCUT2D eigenvalue weighted by molar-refractivity contribution is -0.130. The summed E-state index contributed by atoms with van der Waals surface area (Å²) in [4.78, 5) is 18.3. The van der Waals surface area contributed by atoms with E-state index < -0.39 is 27.7 Å². The summed E-state index contributed by atoms with van der Waals surface area (Å²) in [6.45, 7) is 1.91. The summed E-state index contributed by atoms with van der Waals surface area (Å²) in [6.07, 6.45) is 3.05. The molecule has 0 aliphatic rings. The normalized spacial score (nSPS) is 11.6. The van der Waals surface area contributed by atoms with Crippen molar-refractivity contribution in [1.29, 1.82) is 0 Å². The minimum absolute atomic E-state index is 0.0745. The van der Waals surface area contributed by atoms with Gasteiger partial charge in [-0.1, -0.05) is 36.3 Å². The van der Waals surface area contributed by atoms with Crippen molar-refractivity contribution in [2.24, 2.45) is 0 Å². The molecule has 36 heavy (non-hydrogen) atoms. The van der Waals surface area contributed by atoms with E-state index in [4.69, 9.17) is 4.74 Å². The van der Waals surface area contributed by atoms with Crippen molar-refractivity contribution in [2.45, 2.75) is 23.6 Å². The van der Waals surface area contributed by atoms with E-state index >= 15 is 0 Å². The third kappa shape index (κ3) is 7.75. The zero-order chi connectivity index (χ0) is 25.8. The number of nitrogens with one attached hydrogen (secondary N) is 1. The average molecular weight is 526 g/mol. The molecule has 10 heteroatoms. The summed E-state index contributed by atoms with van der Waals surface area (Å²) in [5.41, 5.74) is 3.19. The third-order valence-electron chi connectivity index (χ3n) is 5.13. The largest absolute Gasteiger partial charge is 0.481 e. The van der Waals surface area contributed by atoms with E-state index in [1.165, 1.54) is 35.0 Å². The maximum Gasteiger partial charge on any atom is 0.266 e. The minimum atomic E-state index is -3.87. The molecule has 1 atom stereocenters. The molecule has 3 rings (SSSR count). The van der Waals surface area contributed by atoms with Crippen LogP contribution in [-0.4, -0.2) is 48.8 Å². The molecule has 0 bridgehead atoms. The van der Waals surface area contributed by atoms with Crippen molar-refractivity contribution >= 4 is 33.2 Å². The summed E-state index contributed by atoms with van der Waals surface area (Å²) in [6, 6.07) is 18.1. The van der Waals surface area contributed by atoms with Crippen LogP contribution in [0, 0.1) is 11.8 Å². The van der Waals surface area contributed by atoms with Gasteiger partial charge in [-0.3, -0.25) is 15.0 Å². The fourth-order valence-electron chi connectivity index (χ4n) is 3.30. The Morgan fingerprint density at radius 3 is 2.53 bits per heavy atom. The number of carbonyl (C=O) groups is 1. The first kappa shape index (κ1) is 27.1. The number of nitrogens with zero attached hydrogens (tertiary/aromatic N) is 2. The van der Waals surface area contributed by atoms with Crippen LogP contribution in [0.4, 0.5) is 5.69 Å². The van der Waals surface area contributed by atoms with Gasteiger partial charge in [0, 0.05) is 17.7 Å². The van der Waals surface area contributed by atoms with Gasteiger partial charge in [-0.2, -0.15) is 11.8 Å². The Bertz CT molecular complexity index is 1280. The number of hydrogen-bond acceptors (Lipinski definition) is 8.